The third kappa shape index (κ3) is 3.98. The molecule has 23 heavy (non-hydrogen) atoms. The fraction of sp³-hybridized carbons (Fsp3) is 0.235. The predicted octanol–water partition coefficient (Wildman–Crippen LogP) is 2.63. The molecule has 2 rings (SSSR count). The first-order chi connectivity index (χ1) is 11.1. The van der Waals surface area contributed by atoms with Gasteiger partial charge >= 0.3 is 5.97 Å². The summed E-state index contributed by atoms with van der Waals surface area (Å²) in [6.07, 6.45) is 0. The summed E-state index contributed by atoms with van der Waals surface area (Å²) in [7, 11) is 2.74. The van der Waals surface area contributed by atoms with Crippen molar-refractivity contribution < 1.29 is 23.4 Å². The van der Waals surface area contributed by atoms with Gasteiger partial charge in [-0.25, -0.2) is 9.18 Å². The normalized spacial score (nSPS) is 10.3. The molecule has 0 saturated heterocycles. The Kier molecular flexibility index (Phi) is 5.54. The van der Waals surface area contributed by atoms with E-state index in [1.54, 1.807) is 24.3 Å². The minimum Gasteiger partial charge on any atom is -0.497 e. The molecule has 0 aromatic heterocycles. The van der Waals surface area contributed by atoms with Gasteiger partial charge < -0.3 is 19.9 Å². The number of rotatable bonds is 6. The molecule has 0 aliphatic heterocycles. The van der Waals surface area contributed by atoms with Crippen molar-refractivity contribution in [1.82, 2.24) is 0 Å². The van der Waals surface area contributed by atoms with Gasteiger partial charge in [-0.2, -0.15) is 0 Å². The van der Waals surface area contributed by atoms with E-state index in [0.717, 1.165) is 0 Å². The Bertz CT molecular complexity index is 703. The zero-order valence-corrected chi connectivity index (χ0v) is 13.0. The maximum atomic E-state index is 14.3. The van der Waals surface area contributed by atoms with Crippen molar-refractivity contribution in [3.8, 4) is 22.6 Å². The van der Waals surface area contributed by atoms with Gasteiger partial charge in [-0.3, -0.25) is 0 Å². The number of nitrogens with two attached hydrogens (primary N) is 1. The number of hydrogen-bond donors (Lipinski definition) is 1. The zero-order chi connectivity index (χ0) is 16.8. The fourth-order valence-electron chi connectivity index (χ4n) is 2.11. The SMILES string of the molecule is COC(=O)c1cc(OCCN)cc(-c2ccc(OC)cc2F)c1. The number of carbonyl (C=O) groups is 1. The second-order valence-electron chi connectivity index (χ2n) is 4.72. The van der Waals surface area contributed by atoms with Crippen molar-refractivity contribution >= 4 is 5.97 Å². The molecule has 5 nitrogen and oxygen atoms in total. The second kappa shape index (κ2) is 7.60. The lowest BCUT2D eigenvalue weighted by atomic mass is 10.0. The Hall–Kier alpha value is -2.60. The number of esters is 1. The molecule has 2 aromatic rings. The predicted molar refractivity (Wildman–Crippen MR) is 84.3 cm³/mol. The van der Waals surface area contributed by atoms with Crippen LogP contribution in [-0.2, 0) is 4.74 Å². The van der Waals surface area contributed by atoms with Gasteiger partial charge in [0.05, 0.1) is 19.8 Å². The van der Waals surface area contributed by atoms with E-state index in [4.69, 9.17) is 19.9 Å². The molecule has 0 spiro atoms. The summed E-state index contributed by atoms with van der Waals surface area (Å²) >= 11 is 0. The van der Waals surface area contributed by atoms with E-state index in [0.29, 0.717) is 29.2 Å². The molecular weight excluding hydrogens is 301 g/mol. The van der Waals surface area contributed by atoms with Gasteiger partial charge in [0.15, 0.2) is 0 Å². The first-order valence-electron chi connectivity index (χ1n) is 6.99. The van der Waals surface area contributed by atoms with E-state index in [2.05, 4.69) is 0 Å². The number of benzene rings is 2. The first kappa shape index (κ1) is 16.8. The van der Waals surface area contributed by atoms with Crippen LogP contribution in [0, 0.1) is 5.82 Å². The minimum absolute atomic E-state index is 0.271. The van der Waals surface area contributed by atoms with Gasteiger partial charge in [0.1, 0.15) is 23.9 Å². The van der Waals surface area contributed by atoms with E-state index in [1.165, 1.54) is 26.4 Å². The molecule has 0 unspecified atom stereocenters. The van der Waals surface area contributed by atoms with E-state index in [-0.39, 0.29) is 12.2 Å². The molecule has 122 valence electrons. The summed E-state index contributed by atoms with van der Waals surface area (Å²) in [6.45, 7) is 0.615. The summed E-state index contributed by atoms with van der Waals surface area (Å²) in [6, 6.07) is 9.23. The summed E-state index contributed by atoms with van der Waals surface area (Å²) < 4.78 is 29.4. The van der Waals surface area contributed by atoms with Crippen LogP contribution in [0.2, 0.25) is 0 Å². The van der Waals surface area contributed by atoms with Crippen molar-refractivity contribution in [3.05, 3.63) is 47.8 Å². The molecule has 0 heterocycles. The highest BCUT2D eigenvalue weighted by atomic mass is 19.1. The lowest BCUT2D eigenvalue weighted by Gasteiger charge is -2.11. The lowest BCUT2D eigenvalue weighted by molar-refractivity contribution is 0.0600. The number of carbonyl (C=O) groups excluding carboxylic acids is 1. The molecule has 6 heteroatoms. The van der Waals surface area contributed by atoms with E-state index in [9.17, 15) is 9.18 Å². The first-order valence-corrected chi connectivity index (χ1v) is 6.99. The maximum Gasteiger partial charge on any atom is 0.338 e. The third-order valence-corrected chi connectivity index (χ3v) is 3.20. The highest BCUT2D eigenvalue weighted by molar-refractivity contribution is 5.91. The molecule has 0 fully saturated rings. The van der Waals surface area contributed by atoms with Crippen LogP contribution in [0.4, 0.5) is 4.39 Å². The van der Waals surface area contributed by atoms with Gasteiger partial charge in [0.2, 0.25) is 0 Å². The summed E-state index contributed by atoms with van der Waals surface area (Å²) in [5, 5.41) is 0. The van der Waals surface area contributed by atoms with Crippen LogP contribution in [0.15, 0.2) is 36.4 Å². The van der Waals surface area contributed by atoms with Crippen LogP contribution >= 0.6 is 0 Å². The van der Waals surface area contributed by atoms with Crippen LogP contribution in [0.3, 0.4) is 0 Å². The Balaban J connectivity index is 2.49. The molecule has 2 N–H and O–H groups in total. The number of halogens is 1. The molecule has 2 aromatic carbocycles. The maximum absolute atomic E-state index is 14.3. The van der Waals surface area contributed by atoms with Crippen molar-refractivity contribution in [2.45, 2.75) is 0 Å². The van der Waals surface area contributed by atoms with Crippen molar-refractivity contribution in [1.29, 1.82) is 0 Å². The quantitative estimate of drug-likeness (QED) is 0.829. The van der Waals surface area contributed by atoms with E-state index in [1.807, 2.05) is 0 Å². The molecule has 0 saturated carbocycles. The van der Waals surface area contributed by atoms with Crippen LogP contribution in [-0.4, -0.2) is 33.3 Å². The summed E-state index contributed by atoms with van der Waals surface area (Å²) in [4.78, 5) is 11.8. The van der Waals surface area contributed by atoms with Gasteiger partial charge in [0.25, 0.3) is 0 Å². The van der Waals surface area contributed by atoms with Gasteiger partial charge in [-0.15, -0.1) is 0 Å². The number of methoxy groups -OCH3 is 2. The average molecular weight is 319 g/mol. The molecule has 0 radical (unpaired) electrons. The van der Waals surface area contributed by atoms with Crippen LogP contribution in [0.1, 0.15) is 10.4 Å². The van der Waals surface area contributed by atoms with Crippen LogP contribution in [0.5, 0.6) is 11.5 Å². The van der Waals surface area contributed by atoms with E-state index < -0.39 is 11.8 Å². The molecule has 0 atom stereocenters. The van der Waals surface area contributed by atoms with Crippen LogP contribution in [0.25, 0.3) is 11.1 Å². The Morgan fingerprint density at radius 1 is 1.13 bits per heavy atom. The Morgan fingerprint density at radius 2 is 1.91 bits per heavy atom. The molecule has 0 aliphatic rings. The fourth-order valence-corrected chi connectivity index (χ4v) is 2.11. The number of ether oxygens (including phenoxy) is 3. The highest BCUT2D eigenvalue weighted by Gasteiger charge is 2.13. The molecule has 0 amide bonds. The van der Waals surface area contributed by atoms with Gasteiger partial charge in [-0.1, -0.05) is 0 Å². The standard InChI is InChI=1S/C17H18FNO4/c1-21-13-3-4-15(16(18)10-13)11-7-12(17(20)22-2)9-14(8-11)23-6-5-19/h3-4,7-10H,5-6,19H2,1-2H3. The molecular formula is C17H18FNO4. The largest absolute Gasteiger partial charge is 0.497 e. The molecule has 0 aliphatic carbocycles. The minimum atomic E-state index is -0.529. The summed E-state index contributed by atoms with van der Waals surface area (Å²) in [5.74, 6) is -0.159. The topological polar surface area (TPSA) is 70.8 Å². The Morgan fingerprint density at radius 3 is 2.52 bits per heavy atom. The lowest BCUT2D eigenvalue weighted by Crippen LogP contribution is -2.11. The average Bonchev–Trinajstić information content (AvgIpc) is 2.58. The highest BCUT2D eigenvalue weighted by Crippen LogP contribution is 2.30. The van der Waals surface area contributed by atoms with Gasteiger partial charge in [-0.05, 0) is 35.9 Å². The van der Waals surface area contributed by atoms with Crippen LogP contribution < -0.4 is 15.2 Å². The van der Waals surface area contributed by atoms with E-state index >= 15 is 0 Å². The zero-order valence-electron chi connectivity index (χ0n) is 13.0. The second-order valence-corrected chi connectivity index (χ2v) is 4.72. The van der Waals surface area contributed by atoms with Crippen molar-refractivity contribution in [2.75, 3.05) is 27.4 Å². The van der Waals surface area contributed by atoms with Crippen molar-refractivity contribution in [2.24, 2.45) is 5.73 Å². The Labute approximate surface area is 133 Å². The smallest absolute Gasteiger partial charge is 0.338 e. The van der Waals surface area contributed by atoms with Gasteiger partial charge in [0, 0.05) is 18.2 Å². The molecule has 0 bridgehead atoms. The third-order valence-electron chi connectivity index (χ3n) is 3.20. The van der Waals surface area contributed by atoms with Crippen molar-refractivity contribution in [3.63, 3.8) is 0 Å². The summed E-state index contributed by atoms with van der Waals surface area (Å²) in [5.41, 5.74) is 6.51. The monoisotopic (exact) mass is 319 g/mol. The number of hydrogen-bond acceptors (Lipinski definition) is 5.